The van der Waals surface area contributed by atoms with Crippen LogP contribution in [0.3, 0.4) is 0 Å². The fraction of sp³-hybridized carbons (Fsp3) is 0.368. The minimum atomic E-state index is -0.756. The predicted octanol–water partition coefficient (Wildman–Crippen LogP) is 3.59. The van der Waals surface area contributed by atoms with E-state index in [0.717, 1.165) is 18.5 Å². The number of nitrogens with zero attached hydrogens (tertiary/aromatic N) is 1. The lowest BCUT2D eigenvalue weighted by Crippen LogP contribution is -2.49. The molecule has 0 amide bonds. The van der Waals surface area contributed by atoms with Crippen LogP contribution >= 0.6 is 0 Å². The number of likely N-dealkylation sites (tertiary alicyclic amines) is 1. The van der Waals surface area contributed by atoms with Crippen LogP contribution in [-0.4, -0.2) is 23.6 Å². The molecule has 0 spiro atoms. The second kappa shape index (κ2) is 5.63. The Balaban J connectivity index is 1.96. The van der Waals surface area contributed by atoms with Crippen LogP contribution in [0.1, 0.15) is 30.5 Å². The van der Waals surface area contributed by atoms with Crippen molar-refractivity contribution in [1.29, 1.82) is 0 Å². The molecule has 110 valence electrons. The Morgan fingerprint density at radius 3 is 2.19 bits per heavy atom. The summed E-state index contributed by atoms with van der Waals surface area (Å²) >= 11 is 0. The van der Waals surface area contributed by atoms with Crippen LogP contribution in [0.4, 0.5) is 0 Å². The van der Waals surface area contributed by atoms with Crippen molar-refractivity contribution < 1.29 is 5.11 Å². The Morgan fingerprint density at radius 1 is 1.00 bits per heavy atom. The van der Waals surface area contributed by atoms with E-state index in [9.17, 15) is 5.11 Å². The van der Waals surface area contributed by atoms with Crippen molar-refractivity contribution in [3.63, 3.8) is 0 Å². The number of rotatable bonds is 2. The van der Waals surface area contributed by atoms with E-state index in [1.807, 2.05) is 36.4 Å². The zero-order chi connectivity index (χ0) is 14.9. The van der Waals surface area contributed by atoms with Crippen LogP contribution in [-0.2, 0) is 5.60 Å². The highest BCUT2D eigenvalue weighted by molar-refractivity contribution is 5.27. The van der Waals surface area contributed by atoms with Gasteiger partial charge in [-0.25, -0.2) is 0 Å². The molecule has 1 aliphatic heterocycles. The Hall–Kier alpha value is -1.64. The van der Waals surface area contributed by atoms with Gasteiger partial charge < -0.3 is 5.11 Å². The molecular weight excluding hydrogens is 258 g/mol. The fourth-order valence-corrected chi connectivity index (χ4v) is 3.54. The number of hydrogen-bond donors (Lipinski definition) is 1. The van der Waals surface area contributed by atoms with Gasteiger partial charge >= 0.3 is 0 Å². The van der Waals surface area contributed by atoms with Crippen LogP contribution in [0, 0.1) is 5.92 Å². The summed E-state index contributed by atoms with van der Waals surface area (Å²) in [5, 5.41) is 11.3. The van der Waals surface area contributed by atoms with E-state index in [4.69, 9.17) is 0 Å². The number of aliphatic hydroxyl groups is 1. The van der Waals surface area contributed by atoms with Gasteiger partial charge in [0.25, 0.3) is 0 Å². The summed E-state index contributed by atoms with van der Waals surface area (Å²) in [5.41, 5.74) is 1.56. The van der Waals surface area contributed by atoms with E-state index in [1.54, 1.807) is 0 Å². The number of hydrogen-bond acceptors (Lipinski definition) is 2. The highest BCUT2D eigenvalue weighted by atomic mass is 16.3. The topological polar surface area (TPSA) is 23.5 Å². The standard InChI is InChI=1S/C19H23NO/c1-15-14-20(2)18(16-9-5-3-6-10-16)13-19(15,21)17-11-7-4-8-12-17/h3-12,15,18,21H,13-14H2,1-2H3/t15-,18-,19+/m1/s1. The summed E-state index contributed by atoms with van der Waals surface area (Å²) in [6.45, 7) is 3.04. The molecule has 3 atom stereocenters. The van der Waals surface area contributed by atoms with Gasteiger partial charge in [0, 0.05) is 24.9 Å². The van der Waals surface area contributed by atoms with Gasteiger partial charge in [-0.15, -0.1) is 0 Å². The summed E-state index contributed by atoms with van der Waals surface area (Å²) in [5.74, 6) is 0.213. The first-order valence-electron chi connectivity index (χ1n) is 7.64. The highest BCUT2D eigenvalue weighted by Gasteiger charge is 2.43. The molecule has 1 saturated heterocycles. The van der Waals surface area contributed by atoms with Crippen molar-refractivity contribution in [1.82, 2.24) is 4.90 Å². The van der Waals surface area contributed by atoms with Gasteiger partial charge in [-0.3, -0.25) is 4.90 Å². The third kappa shape index (κ3) is 2.61. The minimum absolute atomic E-state index is 0.213. The van der Waals surface area contributed by atoms with Crippen molar-refractivity contribution >= 4 is 0 Å². The first kappa shape index (κ1) is 14.3. The molecule has 0 aromatic heterocycles. The lowest BCUT2D eigenvalue weighted by molar-refractivity contribution is -0.0889. The molecule has 1 heterocycles. The maximum Gasteiger partial charge on any atom is 0.0952 e. The number of benzene rings is 2. The van der Waals surface area contributed by atoms with Crippen LogP contribution in [0.15, 0.2) is 60.7 Å². The molecule has 0 aliphatic carbocycles. The third-order valence-electron chi connectivity index (χ3n) is 4.87. The number of piperidine rings is 1. The molecule has 2 aromatic rings. The van der Waals surface area contributed by atoms with E-state index in [-0.39, 0.29) is 12.0 Å². The van der Waals surface area contributed by atoms with E-state index in [0.29, 0.717) is 0 Å². The summed E-state index contributed by atoms with van der Waals surface area (Å²) in [7, 11) is 2.15. The monoisotopic (exact) mass is 281 g/mol. The lowest BCUT2D eigenvalue weighted by atomic mass is 9.73. The normalized spacial score (nSPS) is 30.2. The van der Waals surface area contributed by atoms with Crippen LogP contribution in [0.5, 0.6) is 0 Å². The molecule has 1 N–H and O–H groups in total. The first-order chi connectivity index (χ1) is 10.1. The smallest absolute Gasteiger partial charge is 0.0952 e. The Labute approximate surface area is 127 Å². The van der Waals surface area contributed by atoms with Gasteiger partial charge in [-0.05, 0) is 18.2 Å². The highest BCUT2D eigenvalue weighted by Crippen LogP contribution is 2.44. The average Bonchev–Trinajstić information content (AvgIpc) is 2.53. The van der Waals surface area contributed by atoms with E-state index < -0.39 is 5.60 Å². The molecule has 1 aliphatic rings. The maximum absolute atomic E-state index is 11.3. The zero-order valence-electron chi connectivity index (χ0n) is 12.7. The average molecular weight is 281 g/mol. The molecule has 2 aromatic carbocycles. The van der Waals surface area contributed by atoms with Crippen LogP contribution < -0.4 is 0 Å². The molecule has 0 saturated carbocycles. The van der Waals surface area contributed by atoms with Gasteiger partial charge in [-0.2, -0.15) is 0 Å². The summed E-state index contributed by atoms with van der Waals surface area (Å²) in [4.78, 5) is 2.36. The Bertz CT molecular complexity index is 583. The van der Waals surface area contributed by atoms with Crippen molar-refractivity contribution in [3.8, 4) is 0 Å². The molecule has 2 nitrogen and oxygen atoms in total. The second-order valence-electron chi connectivity index (χ2n) is 6.26. The van der Waals surface area contributed by atoms with Gasteiger partial charge in [0.1, 0.15) is 0 Å². The predicted molar refractivity (Wildman–Crippen MR) is 85.9 cm³/mol. The van der Waals surface area contributed by atoms with Crippen molar-refractivity contribution in [2.24, 2.45) is 5.92 Å². The second-order valence-corrected chi connectivity index (χ2v) is 6.26. The van der Waals surface area contributed by atoms with E-state index >= 15 is 0 Å². The molecule has 2 heteroatoms. The fourth-order valence-electron chi connectivity index (χ4n) is 3.54. The van der Waals surface area contributed by atoms with Crippen LogP contribution in [0.25, 0.3) is 0 Å². The van der Waals surface area contributed by atoms with E-state index in [2.05, 4.69) is 43.1 Å². The molecule has 21 heavy (non-hydrogen) atoms. The van der Waals surface area contributed by atoms with Crippen molar-refractivity contribution in [2.45, 2.75) is 25.0 Å². The molecule has 0 unspecified atom stereocenters. The lowest BCUT2D eigenvalue weighted by Gasteiger charge is -2.47. The summed E-state index contributed by atoms with van der Waals surface area (Å²) < 4.78 is 0. The van der Waals surface area contributed by atoms with Gasteiger partial charge in [0.2, 0.25) is 0 Å². The van der Waals surface area contributed by atoms with Gasteiger partial charge in [-0.1, -0.05) is 67.6 Å². The summed E-state index contributed by atoms with van der Waals surface area (Å²) in [6, 6.07) is 20.9. The maximum atomic E-state index is 11.3. The molecular formula is C19H23NO. The van der Waals surface area contributed by atoms with E-state index in [1.165, 1.54) is 5.56 Å². The Morgan fingerprint density at radius 2 is 1.57 bits per heavy atom. The third-order valence-corrected chi connectivity index (χ3v) is 4.87. The quantitative estimate of drug-likeness (QED) is 0.909. The molecule has 0 bridgehead atoms. The van der Waals surface area contributed by atoms with Crippen LogP contribution in [0.2, 0.25) is 0 Å². The molecule has 0 radical (unpaired) electrons. The Kier molecular flexibility index (Phi) is 3.83. The van der Waals surface area contributed by atoms with Gasteiger partial charge in [0.05, 0.1) is 5.60 Å². The molecule has 1 fully saturated rings. The SMILES string of the molecule is C[C@@H]1CN(C)[C@@H](c2ccccc2)C[C@@]1(O)c1ccccc1. The van der Waals surface area contributed by atoms with Crippen molar-refractivity contribution in [2.75, 3.05) is 13.6 Å². The minimum Gasteiger partial charge on any atom is -0.385 e. The zero-order valence-corrected chi connectivity index (χ0v) is 12.7. The largest absolute Gasteiger partial charge is 0.385 e. The van der Waals surface area contributed by atoms with Crippen molar-refractivity contribution in [3.05, 3.63) is 71.8 Å². The van der Waals surface area contributed by atoms with Gasteiger partial charge in [0.15, 0.2) is 0 Å². The first-order valence-corrected chi connectivity index (χ1v) is 7.64. The summed E-state index contributed by atoms with van der Waals surface area (Å²) in [6.07, 6.45) is 0.735. The molecule has 3 rings (SSSR count).